The molecule has 4 nitrogen and oxygen atoms in total. The van der Waals surface area contributed by atoms with Crippen LogP contribution in [0.2, 0.25) is 0 Å². The first kappa shape index (κ1) is 32.3. The Labute approximate surface area is 253 Å². The van der Waals surface area contributed by atoms with Crippen molar-refractivity contribution in [2.75, 3.05) is 0 Å². The van der Waals surface area contributed by atoms with Crippen LogP contribution < -0.4 is 11.1 Å². The SMILES string of the molecule is CCCCCCCCCCCCn1c(=O)c2cccc3c2c2c(cccc21)c(=O)n3CCCCCCCCCCCC. The number of hydrogen-bond acceptors (Lipinski definition) is 2. The van der Waals surface area contributed by atoms with Gasteiger partial charge in [-0.05, 0) is 37.1 Å². The summed E-state index contributed by atoms with van der Waals surface area (Å²) in [5.41, 5.74) is 2.00. The highest BCUT2D eigenvalue weighted by atomic mass is 16.1. The third kappa shape index (κ3) is 8.26. The molecule has 230 valence electrons. The molecule has 0 spiro atoms. The lowest BCUT2D eigenvalue weighted by Gasteiger charge is -2.19. The minimum atomic E-state index is 0.0839. The van der Waals surface area contributed by atoms with Crippen molar-refractivity contribution in [3.63, 3.8) is 0 Å². The van der Waals surface area contributed by atoms with Gasteiger partial charge in [-0.2, -0.15) is 0 Å². The lowest BCUT2D eigenvalue weighted by atomic mass is 9.99. The van der Waals surface area contributed by atoms with Gasteiger partial charge in [0.15, 0.2) is 0 Å². The molecule has 0 bridgehead atoms. The van der Waals surface area contributed by atoms with Crippen molar-refractivity contribution >= 4 is 32.6 Å². The van der Waals surface area contributed by atoms with Gasteiger partial charge < -0.3 is 9.13 Å². The Morgan fingerprint density at radius 2 is 0.738 bits per heavy atom. The van der Waals surface area contributed by atoms with E-state index in [4.69, 9.17) is 0 Å². The monoisotopic (exact) mass is 572 g/mol. The molecule has 0 saturated carbocycles. The largest absolute Gasteiger partial charge is 0.308 e. The van der Waals surface area contributed by atoms with Crippen LogP contribution in [0.4, 0.5) is 0 Å². The third-order valence-corrected chi connectivity index (χ3v) is 9.34. The Balaban J connectivity index is 1.41. The standard InChI is InChI=1S/C38H56N2O2/c1-3-5-7-9-11-13-15-17-19-21-29-39-33-27-23-26-32-35(33)36-31(37(39)41)25-24-28-34(36)40(38(32)42)30-22-20-18-16-14-12-10-8-6-4-2/h23-28H,3-22,29-30H2,1-2H3. The maximum absolute atomic E-state index is 13.8. The topological polar surface area (TPSA) is 44.0 Å². The summed E-state index contributed by atoms with van der Waals surface area (Å²) in [6.07, 6.45) is 25.5. The van der Waals surface area contributed by atoms with E-state index in [-0.39, 0.29) is 11.1 Å². The van der Waals surface area contributed by atoms with E-state index in [9.17, 15) is 9.59 Å². The lowest BCUT2D eigenvalue weighted by Crippen LogP contribution is -2.26. The zero-order chi connectivity index (χ0) is 29.6. The summed E-state index contributed by atoms with van der Waals surface area (Å²) in [7, 11) is 0. The molecule has 0 aliphatic heterocycles. The van der Waals surface area contributed by atoms with Gasteiger partial charge >= 0.3 is 0 Å². The number of pyridine rings is 2. The van der Waals surface area contributed by atoms with Crippen LogP contribution in [0, 0.1) is 0 Å². The predicted octanol–water partition coefficient (Wildman–Crippen LogP) is 10.7. The summed E-state index contributed by atoms with van der Waals surface area (Å²) in [5.74, 6) is 0. The van der Waals surface area contributed by atoms with Crippen molar-refractivity contribution in [1.29, 1.82) is 0 Å². The first-order valence-electron chi connectivity index (χ1n) is 17.6. The maximum atomic E-state index is 13.8. The molecule has 2 heterocycles. The van der Waals surface area contributed by atoms with Crippen molar-refractivity contribution in [2.45, 2.75) is 155 Å². The summed E-state index contributed by atoms with van der Waals surface area (Å²) in [6, 6.07) is 11.9. The van der Waals surface area contributed by atoms with Crippen LogP contribution in [0.1, 0.15) is 142 Å². The van der Waals surface area contributed by atoms with Gasteiger partial charge in [0.1, 0.15) is 0 Å². The van der Waals surface area contributed by atoms with Gasteiger partial charge in [-0.3, -0.25) is 9.59 Å². The quantitative estimate of drug-likeness (QED) is 0.0694. The van der Waals surface area contributed by atoms with E-state index >= 15 is 0 Å². The highest BCUT2D eigenvalue weighted by Crippen LogP contribution is 2.31. The van der Waals surface area contributed by atoms with Gasteiger partial charge in [0.05, 0.1) is 11.0 Å². The van der Waals surface area contributed by atoms with E-state index in [2.05, 4.69) is 13.8 Å². The molecule has 0 fully saturated rings. The van der Waals surface area contributed by atoms with Crippen molar-refractivity contribution in [2.24, 2.45) is 0 Å². The molecule has 0 aliphatic carbocycles. The van der Waals surface area contributed by atoms with E-state index < -0.39 is 0 Å². The van der Waals surface area contributed by atoms with Crippen LogP contribution in [0.3, 0.4) is 0 Å². The van der Waals surface area contributed by atoms with Crippen LogP contribution in [-0.4, -0.2) is 9.13 Å². The number of aromatic nitrogens is 2. The molecule has 2 aromatic carbocycles. The molecular weight excluding hydrogens is 516 g/mol. The number of benzene rings is 2. The molecule has 0 amide bonds. The Bertz CT molecular complexity index is 1350. The number of rotatable bonds is 22. The lowest BCUT2D eigenvalue weighted by molar-refractivity contribution is 0.535. The van der Waals surface area contributed by atoms with Crippen molar-refractivity contribution in [1.82, 2.24) is 9.13 Å². The highest BCUT2D eigenvalue weighted by molar-refractivity contribution is 6.20. The number of aryl methyl sites for hydroxylation is 2. The second kappa shape index (κ2) is 17.5. The number of hydrogen-bond donors (Lipinski definition) is 0. The molecule has 0 aliphatic rings. The van der Waals surface area contributed by atoms with Crippen LogP contribution in [0.25, 0.3) is 32.6 Å². The van der Waals surface area contributed by atoms with Crippen molar-refractivity contribution in [3.05, 3.63) is 57.1 Å². The third-order valence-electron chi connectivity index (χ3n) is 9.34. The van der Waals surface area contributed by atoms with E-state index in [0.29, 0.717) is 13.1 Å². The van der Waals surface area contributed by atoms with Crippen molar-refractivity contribution < 1.29 is 0 Å². The fourth-order valence-corrected chi connectivity index (χ4v) is 6.88. The minimum Gasteiger partial charge on any atom is -0.308 e. The Morgan fingerprint density at radius 3 is 1.07 bits per heavy atom. The average Bonchev–Trinajstić information content (AvgIpc) is 3.01. The van der Waals surface area contributed by atoms with Crippen LogP contribution >= 0.6 is 0 Å². The molecular formula is C38H56N2O2. The fraction of sp³-hybridized carbons (Fsp3) is 0.632. The molecule has 0 atom stereocenters. The zero-order valence-electron chi connectivity index (χ0n) is 26.7. The van der Waals surface area contributed by atoms with Gasteiger partial charge in [0.25, 0.3) is 11.1 Å². The molecule has 0 saturated heterocycles. The van der Waals surface area contributed by atoms with Gasteiger partial charge in [0, 0.05) is 34.6 Å². The summed E-state index contributed by atoms with van der Waals surface area (Å²) in [4.78, 5) is 27.6. The molecule has 2 aromatic heterocycles. The van der Waals surface area contributed by atoms with Crippen LogP contribution in [0.15, 0.2) is 46.0 Å². The minimum absolute atomic E-state index is 0.0839. The highest BCUT2D eigenvalue weighted by Gasteiger charge is 2.19. The van der Waals surface area contributed by atoms with E-state index in [1.165, 1.54) is 103 Å². The molecule has 4 rings (SSSR count). The van der Waals surface area contributed by atoms with Gasteiger partial charge in [-0.15, -0.1) is 0 Å². The average molecular weight is 573 g/mol. The summed E-state index contributed by atoms with van der Waals surface area (Å²) < 4.78 is 3.89. The Morgan fingerprint density at radius 1 is 0.429 bits per heavy atom. The molecule has 0 unspecified atom stereocenters. The van der Waals surface area contributed by atoms with E-state index in [0.717, 1.165) is 58.3 Å². The summed E-state index contributed by atoms with van der Waals surface area (Å²) >= 11 is 0. The zero-order valence-corrected chi connectivity index (χ0v) is 26.7. The maximum Gasteiger partial charge on any atom is 0.258 e. The van der Waals surface area contributed by atoms with Crippen LogP contribution in [0.5, 0.6) is 0 Å². The Hall–Kier alpha value is -2.62. The number of nitrogens with zero attached hydrogens (tertiary/aromatic N) is 2. The molecule has 0 N–H and O–H groups in total. The van der Waals surface area contributed by atoms with E-state index in [1.807, 2.05) is 45.5 Å². The molecule has 4 heteroatoms. The summed E-state index contributed by atoms with van der Waals surface area (Å²) in [5, 5.41) is 3.44. The van der Waals surface area contributed by atoms with Gasteiger partial charge in [0.2, 0.25) is 0 Å². The molecule has 4 aromatic rings. The fourth-order valence-electron chi connectivity index (χ4n) is 6.88. The first-order valence-corrected chi connectivity index (χ1v) is 17.6. The van der Waals surface area contributed by atoms with Crippen molar-refractivity contribution in [3.8, 4) is 0 Å². The van der Waals surface area contributed by atoms with Gasteiger partial charge in [-0.1, -0.05) is 142 Å². The Kier molecular flexibility index (Phi) is 13.4. The van der Waals surface area contributed by atoms with Gasteiger partial charge in [-0.25, -0.2) is 0 Å². The predicted molar refractivity (Wildman–Crippen MR) is 182 cm³/mol. The second-order valence-corrected chi connectivity index (χ2v) is 12.7. The van der Waals surface area contributed by atoms with E-state index in [1.54, 1.807) is 0 Å². The second-order valence-electron chi connectivity index (χ2n) is 12.7. The molecule has 0 radical (unpaired) electrons. The number of unbranched alkanes of at least 4 members (excludes halogenated alkanes) is 18. The molecule has 42 heavy (non-hydrogen) atoms. The first-order chi connectivity index (χ1) is 20.7. The smallest absolute Gasteiger partial charge is 0.258 e. The normalized spacial score (nSPS) is 12.0. The van der Waals surface area contributed by atoms with Crippen LogP contribution in [-0.2, 0) is 13.1 Å². The summed E-state index contributed by atoms with van der Waals surface area (Å²) in [6.45, 7) is 5.96.